The molecular weight excluding hydrogens is 399 g/mol. The number of aromatic nitrogens is 1. The Morgan fingerprint density at radius 1 is 1.76 bits per heavy atom. The zero-order valence-electron chi connectivity index (χ0n) is 9.28. The second-order valence-corrected chi connectivity index (χ2v) is 5.26. The maximum absolute atomic E-state index is 11.3. The van der Waals surface area contributed by atoms with Crippen molar-refractivity contribution in [3.8, 4) is 0 Å². The Morgan fingerprint density at radius 2 is 2.41 bits per heavy atom. The summed E-state index contributed by atoms with van der Waals surface area (Å²) in [5.41, 5.74) is 1.50. The van der Waals surface area contributed by atoms with E-state index in [1.54, 1.807) is 12.3 Å². The van der Waals surface area contributed by atoms with Gasteiger partial charge in [-0.1, -0.05) is 6.08 Å². The summed E-state index contributed by atoms with van der Waals surface area (Å²) < 4.78 is 1.48. The maximum Gasteiger partial charge on any atom is 0.411 e. The summed E-state index contributed by atoms with van der Waals surface area (Å²) >= 11 is 5.40. The number of hydrogen-bond acceptors (Lipinski definition) is 2. The topological polar surface area (TPSA) is 53.4 Å². The molecule has 1 N–H and O–H groups in total. The van der Waals surface area contributed by atoms with Crippen LogP contribution in [0, 0.1) is 10.6 Å². The second kappa shape index (κ2) is 6.34. The Balaban J connectivity index is 3.22. The van der Waals surface area contributed by atoms with Gasteiger partial charge in [-0.3, -0.25) is 4.90 Å². The summed E-state index contributed by atoms with van der Waals surface area (Å²) in [5.74, 6) is 0. The van der Waals surface area contributed by atoms with Crippen LogP contribution in [0.5, 0.6) is 0 Å². The highest BCUT2D eigenvalue weighted by Gasteiger charge is 2.20. The predicted molar refractivity (Wildman–Crippen MR) is 79.6 cm³/mol. The fourth-order valence-corrected chi connectivity index (χ4v) is 2.50. The fourth-order valence-electron chi connectivity index (χ4n) is 1.38. The van der Waals surface area contributed by atoms with Gasteiger partial charge in [-0.25, -0.2) is 9.78 Å². The van der Waals surface area contributed by atoms with Crippen LogP contribution in [0.4, 0.5) is 10.5 Å². The van der Waals surface area contributed by atoms with Crippen LogP contribution in [0.15, 0.2) is 23.3 Å². The minimum atomic E-state index is -0.979. The summed E-state index contributed by atoms with van der Waals surface area (Å²) in [4.78, 5) is 16.7. The third kappa shape index (κ3) is 3.41. The number of pyridine rings is 1. The first-order valence-electron chi connectivity index (χ1n) is 4.91. The number of rotatable bonds is 4. The molecule has 1 rings (SSSR count). The van der Waals surface area contributed by atoms with Gasteiger partial charge in [0.25, 0.3) is 0 Å². The quantitative estimate of drug-likeness (QED) is 0.466. The molecule has 0 fully saturated rings. The van der Waals surface area contributed by atoms with Gasteiger partial charge < -0.3 is 5.11 Å². The zero-order valence-corrected chi connectivity index (χ0v) is 13.0. The van der Waals surface area contributed by atoms with Crippen LogP contribution in [0.1, 0.15) is 12.0 Å². The molecule has 1 aromatic rings. The highest BCUT2D eigenvalue weighted by Crippen LogP contribution is 2.30. The number of halogens is 2. The normalized spacial score (nSPS) is 10.1. The Hall–Kier alpha value is -0.630. The Bertz CT molecular complexity index is 451. The van der Waals surface area contributed by atoms with Crippen molar-refractivity contribution >= 4 is 50.3 Å². The first kappa shape index (κ1) is 14.4. The predicted octanol–water partition coefficient (Wildman–Crippen LogP) is 3.82. The number of nitrogens with zero attached hydrogens (tertiary/aromatic N) is 2. The molecule has 0 unspecified atom stereocenters. The van der Waals surface area contributed by atoms with Crippen LogP contribution < -0.4 is 4.90 Å². The van der Waals surface area contributed by atoms with Crippen LogP contribution in [-0.2, 0) is 0 Å². The Kier molecular flexibility index (Phi) is 5.38. The van der Waals surface area contributed by atoms with Gasteiger partial charge in [0, 0.05) is 17.2 Å². The SMILES string of the molecule is C=CCCN(C(=O)O)c1c(I)ncc(Br)c1C. The summed E-state index contributed by atoms with van der Waals surface area (Å²) in [6.45, 7) is 5.85. The van der Waals surface area contributed by atoms with Gasteiger partial charge in [0.15, 0.2) is 0 Å². The van der Waals surface area contributed by atoms with Gasteiger partial charge in [0.2, 0.25) is 0 Å². The van der Waals surface area contributed by atoms with Crippen molar-refractivity contribution < 1.29 is 9.90 Å². The van der Waals surface area contributed by atoms with Crippen LogP contribution in [0.3, 0.4) is 0 Å². The standard InChI is InChI=1S/C11H12BrIN2O2/c1-3-4-5-15(11(16)17)9-7(2)8(12)6-14-10(9)13/h3,6H,1,4-5H2,2H3,(H,16,17). The molecule has 0 aliphatic carbocycles. The molecule has 6 heteroatoms. The molecule has 1 aromatic heterocycles. The zero-order chi connectivity index (χ0) is 13.0. The van der Waals surface area contributed by atoms with Crippen molar-refractivity contribution in [2.24, 2.45) is 0 Å². The Labute approximate surface area is 122 Å². The van der Waals surface area contributed by atoms with E-state index in [2.05, 4.69) is 27.5 Å². The van der Waals surface area contributed by atoms with E-state index in [9.17, 15) is 9.90 Å². The molecule has 0 aliphatic heterocycles. The molecule has 17 heavy (non-hydrogen) atoms. The van der Waals surface area contributed by atoms with E-state index in [1.165, 1.54) is 4.90 Å². The maximum atomic E-state index is 11.3. The summed E-state index contributed by atoms with van der Waals surface area (Å²) in [5, 5.41) is 9.24. The van der Waals surface area contributed by atoms with Crippen molar-refractivity contribution in [3.63, 3.8) is 0 Å². The first-order chi connectivity index (χ1) is 7.99. The molecule has 0 spiro atoms. The molecule has 0 saturated heterocycles. The molecule has 92 valence electrons. The lowest BCUT2D eigenvalue weighted by atomic mass is 10.2. The van der Waals surface area contributed by atoms with E-state index in [0.717, 1.165) is 10.0 Å². The lowest BCUT2D eigenvalue weighted by Crippen LogP contribution is -2.31. The molecule has 0 aliphatic rings. The van der Waals surface area contributed by atoms with Crippen molar-refractivity contribution in [1.29, 1.82) is 0 Å². The summed E-state index contributed by atoms with van der Waals surface area (Å²) in [6, 6.07) is 0. The van der Waals surface area contributed by atoms with Crippen molar-refractivity contribution in [3.05, 3.63) is 32.6 Å². The van der Waals surface area contributed by atoms with Crippen molar-refractivity contribution in [1.82, 2.24) is 4.98 Å². The van der Waals surface area contributed by atoms with Gasteiger partial charge in [-0.05, 0) is 57.4 Å². The number of carboxylic acid groups (broad SMARTS) is 1. The van der Waals surface area contributed by atoms with Crippen LogP contribution in [0.2, 0.25) is 0 Å². The highest BCUT2D eigenvalue weighted by molar-refractivity contribution is 14.1. The molecule has 0 bridgehead atoms. The average Bonchev–Trinajstić information content (AvgIpc) is 2.28. The Morgan fingerprint density at radius 3 is 2.94 bits per heavy atom. The van der Waals surface area contributed by atoms with Crippen molar-refractivity contribution in [2.45, 2.75) is 13.3 Å². The third-order valence-corrected chi connectivity index (χ3v) is 3.85. The van der Waals surface area contributed by atoms with E-state index in [0.29, 0.717) is 22.4 Å². The van der Waals surface area contributed by atoms with Gasteiger partial charge in [0.1, 0.15) is 3.70 Å². The van der Waals surface area contributed by atoms with Crippen molar-refractivity contribution in [2.75, 3.05) is 11.4 Å². The van der Waals surface area contributed by atoms with Gasteiger partial charge in [0.05, 0.1) is 5.69 Å². The smallest absolute Gasteiger partial charge is 0.411 e. The largest absolute Gasteiger partial charge is 0.465 e. The first-order valence-corrected chi connectivity index (χ1v) is 6.78. The van der Waals surface area contributed by atoms with Gasteiger partial charge in [-0.15, -0.1) is 6.58 Å². The number of carbonyl (C=O) groups is 1. The second-order valence-electron chi connectivity index (χ2n) is 3.38. The van der Waals surface area contributed by atoms with E-state index in [4.69, 9.17) is 0 Å². The highest BCUT2D eigenvalue weighted by atomic mass is 127. The molecule has 4 nitrogen and oxygen atoms in total. The molecule has 0 saturated carbocycles. The van der Waals surface area contributed by atoms with Crippen LogP contribution >= 0.6 is 38.5 Å². The molecule has 0 radical (unpaired) electrons. The minimum absolute atomic E-state index is 0.383. The number of amides is 1. The van der Waals surface area contributed by atoms with Crippen LogP contribution in [-0.4, -0.2) is 22.7 Å². The molecule has 0 atom stereocenters. The minimum Gasteiger partial charge on any atom is -0.465 e. The van der Waals surface area contributed by atoms with Gasteiger partial charge in [-0.2, -0.15) is 0 Å². The fraction of sp³-hybridized carbons (Fsp3) is 0.273. The molecule has 0 aromatic carbocycles. The third-order valence-electron chi connectivity index (χ3n) is 2.26. The molecular formula is C11H12BrIN2O2. The molecule has 1 heterocycles. The lowest BCUT2D eigenvalue weighted by Gasteiger charge is -2.22. The van der Waals surface area contributed by atoms with E-state index in [-0.39, 0.29) is 0 Å². The molecule has 1 amide bonds. The van der Waals surface area contributed by atoms with E-state index in [1.807, 2.05) is 29.5 Å². The number of hydrogen-bond donors (Lipinski definition) is 1. The number of anilines is 1. The summed E-state index contributed by atoms with van der Waals surface area (Å²) in [6.07, 6.45) is 3.00. The average molecular weight is 411 g/mol. The summed E-state index contributed by atoms with van der Waals surface area (Å²) in [7, 11) is 0. The lowest BCUT2D eigenvalue weighted by molar-refractivity contribution is 0.202. The van der Waals surface area contributed by atoms with E-state index >= 15 is 0 Å². The monoisotopic (exact) mass is 410 g/mol. The van der Waals surface area contributed by atoms with Gasteiger partial charge >= 0.3 is 6.09 Å². The van der Waals surface area contributed by atoms with Crippen LogP contribution in [0.25, 0.3) is 0 Å². The van der Waals surface area contributed by atoms with E-state index < -0.39 is 6.09 Å².